The molecule has 9 heteroatoms. The van der Waals surface area contributed by atoms with E-state index >= 15 is 0 Å². The lowest BCUT2D eigenvalue weighted by Gasteiger charge is -2.18. The number of hydrogen-bond donors (Lipinski definition) is 1. The van der Waals surface area contributed by atoms with E-state index in [1.54, 1.807) is 7.05 Å². The first-order valence-corrected chi connectivity index (χ1v) is 8.63. The Morgan fingerprint density at radius 1 is 1.29 bits per heavy atom. The van der Waals surface area contributed by atoms with E-state index in [4.69, 9.17) is 14.2 Å². The van der Waals surface area contributed by atoms with Crippen molar-refractivity contribution in [3.05, 3.63) is 63.7 Å². The SMILES string of the molecule is CN(Cc1ccccc1)C(=O)OCCC(O)c1cc2c(cc1[N+](=O)[O-])OCO2. The van der Waals surface area contributed by atoms with Crippen LogP contribution in [0.5, 0.6) is 11.5 Å². The van der Waals surface area contributed by atoms with Crippen LogP contribution in [0.25, 0.3) is 0 Å². The molecule has 9 nitrogen and oxygen atoms in total. The van der Waals surface area contributed by atoms with Gasteiger partial charge in [0.1, 0.15) is 0 Å². The van der Waals surface area contributed by atoms with Crippen LogP contribution in [0.3, 0.4) is 0 Å². The zero-order chi connectivity index (χ0) is 20.1. The Morgan fingerprint density at radius 3 is 2.64 bits per heavy atom. The van der Waals surface area contributed by atoms with E-state index < -0.39 is 17.1 Å². The fourth-order valence-corrected chi connectivity index (χ4v) is 2.82. The third-order valence-corrected chi connectivity index (χ3v) is 4.27. The number of nitro groups is 1. The molecule has 2 aromatic rings. The highest BCUT2D eigenvalue weighted by molar-refractivity contribution is 5.67. The quantitative estimate of drug-likeness (QED) is 0.573. The molecule has 0 aliphatic carbocycles. The normalized spacial score (nSPS) is 13.1. The van der Waals surface area contributed by atoms with Crippen molar-refractivity contribution in [1.29, 1.82) is 0 Å². The summed E-state index contributed by atoms with van der Waals surface area (Å²) < 4.78 is 15.5. The van der Waals surface area contributed by atoms with Gasteiger partial charge in [0.2, 0.25) is 6.79 Å². The second kappa shape index (κ2) is 8.57. The number of nitro benzene ring substituents is 1. The van der Waals surface area contributed by atoms with Crippen LogP contribution in [0.1, 0.15) is 23.7 Å². The number of hydrogen-bond acceptors (Lipinski definition) is 7. The molecule has 0 saturated carbocycles. The third kappa shape index (κ3) is 4.49. The maximum Gasteiger partial charge on any atom is 0.409 e. The molecule has 0 spiro atoms. The summed E-state index contributed by atoms with van der Waals surface area (Å²) in [6.45, 7) is 0.262. The van der Waals surface area contributed by atoms with E-state index in [1.165, 1.54) is 17.0 Å². The minimum Gasteiger partial charge on any atom is -0.454 e. The van der Waals surface area contributed by atoms with Crippen LogP contribution in [0.2, 0.25) is 0 Å². The fraction of sp³-hybridized carbons (Fsp3) is 0.316. The topological polar surface area (TPSA) is 111 Å². The molecular weight excluding hydrogens is 368 g/mol. The van der Waals surface area contributed by atoms with Gasteiger partial charge in [0.25, 0.3) is 5.69 Å². The first-order valence-electron chi connectivity index (χ1n) is 8.63. The Morgan fingerprint density at radius 2 is 1.96 bits per heavy atom. The van der Waals surface area contributed by atoms with Crippen LogP contribution in [-0.2, 0) is 11.3 Å². The van der Waals surface area contributed by atoms with Crippen molar-refractivity contribution in [3.8, 4) is 11.5 Å². The van der Waals surface area contributed by atoms with Gasteiger partial charge < -0.3 is 24.2 Å². The summed E-state index contributed by atoms with van der Waals surface area (Å²) >= 11 is 0. The van der Waals surface area contributed by atoms with Crippen LogP contribution in [0.4, 0.5) is 10.5 Å². The van der Waals surface area contributed by atoms with Gasteiger partial charge in [0, 0.05) is 20.0 Å². The molecule has 0 fully saturated rings. The molecule has 28 heavy (non-hydrogen) atoms. The molecule has 148 valence electrons. The molecule has 1 aliphatic heterocycles. The smallest absolute Gasteiger partial charge is 0.409 e. The standard InChI is InChI=1S/C19H20N2O7/c1-20(11-13-5-3-2-4-6-13)19(23)26-8-7-16(22)14-9-17-18(28-12-27-17)10-15(14)21(24)25/h2-6,9-10,16,22H,7-8,11-12H2,1H3. The minimum atomic E-state index is -1.19. The Bertz CT molecular complexity index is 857. The van der Waals surface area contributed by atoms with Crippen LogP contribution < -0.4 is 9.47 Å². The Kier molecular flexibility index (Phi) is 5.95. The number of carbonyl (C=O) groups is 1. The van der Waals surface area contributed by atoms with Crippen molar-refractivity contribution >= 4 is 11.8 Å². The summed E-state index contributed by atoms with van der Waals surface area (Å²) in [5, 5.41) is 21.6. The van der Waals surface area contributed by atoms with Gasteiger partial charge in [-0.2, -0.15) is 0 Å². The second-order valence-corrected chi connectivity index (χ2v) is 6.28. The molecule has 0 radical (unpaired) electrons. The van der Waals surface area contributed by atoms with Gasteiger partial charge >= 0.3 is 6.09 Å². The Hall–Kier alpha value is -3.33. The van der Waals surface area contributed by atoms with Crippen molar-refractivity contribution in [3.63, 3.8) is 0 Å². The van der Waals surface area contributed by atoms with E-state index in [0.717, 1.165) is 5.56 Å². The molecule has 2 aromatic carbocycles. The van der Waals surface area contributed by atoms with Gasteiger partial charge in [-0.3, -0.25) is 10.1 Å². The molecule has 1 atom stereocenters. The number of ether oxygens (including phenoxy) is 3. The zero-order valence-electron chi connectivity index (χ0n) is 15.2. The van der Waals surface area contributed by atoms with Crippen molar-refractivity contribution in [2.24, 2.45) is 0 Å². The second-order valence-electron chi connectivity index (χ2n) is 6.28. The molecular formula is C19H20N2O7. The lowest BCUT2D eigenvalue weighted by molar-refractivity contribution is -0.386. The summed E-state index contributed by atoms with van der Waals surface area (Å²) in [6.07, 6.45) is -1.73. The zero-order valence-corrected chi connectivity index (χ0v) is 15.2. The number of benzene rings is 2. The number of aliphatic hydroxyl groups is 1. The highest BCUT2D eigenvalue weighted by Crippen LogP contribution is 2.40. The van der Waals surface area contributed by atoms with E-state index in [-0.39, 0.29) is 36.8 Å². The monoisotopic (exact) mass is 388 g/mol. The molecule has 1 heterocycles. The van der Waals surface area contributed by atoms with Crippen molar-refractivity contribution in [1.82, 2.24) is 4.90 Å². The average molecular weight is 388 g/mol. The van der Waals surface area contributed by atoms with Crippen molar-refractivity contribution in [2.45, 2.75) is 19.1 Å². The Balaban J connectivity index is 1.56. The molecule has 0 saturated heterocycles. The minimum absolute atomic E-state index is 0.00536. The van der Waals surface area contributed by atoms with Gasteiger partial charge in [0.15, 0.2) is 11.5 Å². The Labute approximate surface area is 161 Å². The van der Waals surface area contributed by atoms with E-state index in [2.05, 4.69) is 0 Å². The third-order valence-electron chi connectivity index (χ3n) is 4.27. The summed E-state index contributed by atoms with van der Waals surface area (Å²) in [5.74, 6) is 0.593. The number of carbonyl (C=O) groups excluding carboxylic acids is 1. The number of nitrogens with zero attached hydrogens (tertiary/aromatic N) is 2. The number of aliphatic hydroxyl groups excluding tert-OH is 1. The summed E-state index contributed by atoms with van der Waals surface area (Å²) in [6, 6.07) is 12.0. The number of amides is 1. The maximum atomic E-state index is 12.1. The molecule has 1 amide bonds. The van der Waals surface area contributed by atoms with E-state index in [0.29, 0.717) is 12.3 Å². The lowest BCUT2D eigenvalue weighted by Crippen LogP contribution is -2.27. The summed E-state index contributed by atoms with van der Waals surface area (Å²) in [7, 11) is 1.61. The van der Waals surface area contributed by atoms with E-state index in [1.807, 2.05) is 30.3 Å². The molecule has 3 rings (SSSR count). The van der Waals surface area contributed by atoms with Crippen LogP contribution >= 0.6 is 0 Å². The predicted molar refractivity (Wildman–Crippen MR) is 98.1 cm³/mol. The molecule has 1 aliphatic rings. The predicted octanol–water partition coefficient (Wildman–Crippen LogP) is 3.02. The van der Waals surface area contributed by atoms with Crippen LogP contribution in [0, 0.1) is 10.1 Å². The average Bonchev–Trinajstić information content (AvgIpc) is 3.15. The van der Waals surface area contributed by atoms with E-state index in [9.17, 15) is 20.0 Å². The fourth-order valence-electron chi connectivity index (χ4n) is 2.82. The first-order chi connectivity index (χ1) is 13.5. The van der Waals surface area contributed by atoms with Gasteiger partial charge in [-0.1, -0.05) is 30.3 Å². The number of rotatable bonds is 7. The lowest BCUT2D eigenvalue weighted by atomic mass is 10.0. The maximum absolute atomic E-state index is 12.1. The van der Waals surface area contributed by atoms with Crippen molar-refractivity contribution < 1.29 is 29.0 Å². The van der Waals surface area contributed by atoms with Crippen LogP contribution in [0.15, 0.2) is 42.5 Å². The molecule has 0 aromatic heterocycles. The highest BCUT2D eigenvalue weighted by atomic mass is 16.7. The first kappa shape index (κ1) is 19.4. The van der Waals surface area contributed by atoms with Crippen LogP contribution in [-0.4, -0.2) is 41.5 Å². The van der Waals surface area contributed by atoms with Gasteiger partial charge in [-0.15, -0.1) is 0 Å². The largest absolute Gasteiger partial charge is 0.454 e. The summed E-state index contributed by atoms with van der Waals surface area (Å²) in [4.78, 5) is 24.2. The molecule has 1 unspecified atom stereocenters. The van der Waals surface area contributed by atoms with Gasteiger partial charge in [-0.05, 0) is 11.6 Å². The van der Waals surface area contributed by atoms with Crippen molar-refractivity contribution in [2.75, 3.05) is 20.4 Å². The summed E-state index contributed by atoms with van der Waals surface area (Å²) in [5.41, 5.74) is 0.769. The van der Waals surface area contributed by atoms with Gasteiger partial charge in [-0.25, -0.2) is 4.79 Å². The highest BCUT2D eigenvalue weighted by Gasteiger charge is 2.27. The van der Waals surface area contributed by atoms with Gasteiger partial charge in [0.05, 0.1) is 29.3 Å². The molecule has 0 bridgehead atoms. The number of fused-ring (bicyclic) bond motifs is 1. The molecule has 1 N–H and O–H groups in total.